The second-order valence-corrected chi connectivity index (χ2v) is 8.21. The zero-order chi connectivity index (χ0) is 19.9. The van der Waals surface area contributed by atoms with Crippen molar-refractivity contribution in [3.05, 3.63) is 29.3 Å². The minimum Gasteiger partial charge on any atom is -1.00 e. The van der Waals surface area contributed by atoms with Gasteiger partial charge >= 0.3 is 30.8 Å². The first-order chi connectivity index (χ1) is 12.0. The zero-order valence-electron chi connectivity index (χ0n) is 17.5. The average molecular weight is 394 g/mol. The van der Waals surface area contributed by atoms with Gasteiger partial charge in [0, 0.05) is 0 Å². The van der Waals surface area contributed by atoms with Crippen molar-refractivity contribution in [2.75, 3.05) is 13.2 Å². The predicted molar refractivity (Wildman–Crippen MR) is 96.8 cm³/mol. The van der Waals surface area contributed by atoms with E-state index in [-0.39, 0.29) is 44.6 Å². The van der Waals surface area contributed by atoms with Crippen molar-refractivity contribution < 1.29 is 52.3 Å². The number of benzene rings is 1. The number of carbonyl (C=O) groups excluding carboxylic acids is 2. The van der Waals surface area contributed by atoms with Crippen LogP contribution in [0, 0.1) is 11.8 Å². The molecule has 1 rings (SSSR count). The van der Waals surface area contributed by atoms with Crippen molar-refractivity contribution in [3.63, 3.8) is 0 Å². The van der Waals surface area contributed by atoms with Gasteiger partial charge in [-0.05, 0) is 42.9 Å². The smallest absolute Gasteiger partial charge is 1.00 e. The van der Waals surface area contributed by atoms with Gasteiger partial charge in [-0.15, -0.1) is 0 Å². The molecule has 1 aromatic rings. The fourth-order valence-corrected chi connectivity index (χ4v) is 2.67. The molecular formula is C18H27LiO7S. The van der Waals surface area contributed by atoms with Crippen LogP contribution >= 0.6 is 0 Å². The molecule has 0 atom stereocenters. The van der Waals surface area contributed by atoms with Crippen LogP contribution in [0.15, 0.2) is 23.1 Å². The van der Waals surface area contributed by atoms with E-state index in [1.54, 1.807) is 0 Å². The fraction of sp³-hybridized carbons (Fsp3) is 0.556. The van der Waals surface area contributed by atoms with Crippen LogP contribution < -0.4 is 18.9 Å². The summed E-state index contributed by atoms with van der Waals surface area (Å²) in [4.78, 5) is 23.5. The molecule has 0 aliphatic carbocycles. The van der Waals surface area contributed by atoms with Gasteiger partial charge in [0.25, 0.3) is 10.1 Å². The normalized spacial score (nSPS) is 11.2. The third-order valence-corrected chi connectivity index (χ3v) is 4.47. The standard InChI is InChI=1S/C18H26O7S.Li.H/c1-12(2)7-9-24-17(19)14-5-6-15(16(11-14)26(21,22)23)18(20)25-10-8-13(3)4;;/h5-6,11-13H,7-10H2,1-4H3,(H,21,22,23);;/q;+1;-1. The van der Waals surface area contributed by atoms with E-state index in [9.17, 15) is 22.6 Å². The fourth-order valence-electron chi connectivity index (χ4n) is 1.97. The molecule has 0 bridgehead atoms. The zero-order valence-corrected chi connectivity index (χ0v) is 17.3. The van der Waals surface area contributed by atoms with Gasteiger partial charge < -0.3 is 10.9 Å². The number of hydrogen-bond acceptors (Lipinski definition) is 6. The quantitative estimate of drug-likeness (QED) is 0.368. The summed E-state index contributed by atoms with van der Waals surface area (Å²) in [5.74, 6) is -0.945. The molecule has 0 aliphatic heterocycles. The molecule has 0 spiro atoms. The van der Waals surface area contributed by atoms with Crippen LogP contribution in [0.5, 0.6) is 0 Å². The monoisotopic (exact) mass is 394 g/mol. The Kier molecular flexibility index (Phi) is 10.9. The molecule has 1 aromatic carbocycles. The van der Waals surface area contributed by atoms with Gasteiger partial charge in [0.1, 0.15) is 4.90 Å². The summed E-state index contributed by atoms with van der Waals surface area (Å²) in [6.45, 7) is 8.18. The van der Waals surface area contributed by atoms with E-state index < -0.39 is 27.0 Å². The number of hydrogen-bond donors (Lipinski definition) is 1. The van der Waals surface area contributed by atoms with Crippen molar-refractivity contribution in [2.24, 2.45) is 11.8 Å². The van der Waals surface area contributed by atoms with Crippen LogP contribution in [0.1, 0.15) is 62.7 Å². The van der Waals surface area contributed by atoms with Crippen molar-refractivity contribution in [1.82, 2.24) is 0 Å². The molecule has 1 N–H and O–H groups in total. The maximum absolute atomic E-state index is 12.1. The van der Waals surface area contributed by atoms with Crippen molar-refractivity contribution in [2.45, 2.75) is 45.4 Å². The maximum atomic E-state index is 12.1. The van der Waals surface area contributed by atoms with E-state index >= 15 is 0 Å². The maximum Gasteiger partial charge on any atom is 1.00 e. The molecular weight excluding hydrogens is 367 g/mol. The van der Waals surface area contributed by atoms with Gasteiger partial charge in [-0.2, -0.15) is 8.42 Å². The summed E-state index contributed by atoms with van der Waals surface area (Å²) in [5.41, 5.74) is -0.393. The van der Waals surface area contributed by atoms with E-state index in [0.717, 1.165) is 12.1 Å². The molecule has 0 heterocycles. The van der Waals surface area contributed by atoms with Crippen LogP contribution in [0.3, 0.4) is 0 Å². The van der Waals surface area contributed by atoms with Gasteiger partial charge in [0.05, 0.1) is 24.3 Å². The molecule has 0 fully saturated rings. The van der Waals surface area contributed by atoms with E-state index in [1.165, 1.54) is 6.07 Å². The second-order valence-electron chi connectivity index (χ2n) is 6.82. The van der Waals surface area contributed by atoms with Gasteiger partial charge in [-0.3, -0.25) is 4.55 Å². The predicted octanol–water partition coefficient (Wildman–Crippen LogP) is 0.456. The third kappa shape index (κ3) is 8.93. The Hall–Kier alpha value is -1.33. The summed E-state index contributed by atoms with van der Waals surface area (Å²) in [6.07, 6.45) is 1.28. The van der Waals surface area contributed by atoms with Crippen LogP contribution in [-0.2, 0) is 19.6 Å². The molecule has 0 saturated carbocycles. The van der Waals surface area contributed by atoms with Crippen LogP contribution in [0.25, 0.3) is 0 Å². The SMILES string of the molecule is CC(C)CCOC(=O)c1ccc(C(=O)OCCC(C)C)c(S(=O)(=O)O)c1.[H-].[Li+]. The molecule has 27 heavy (non-hydrogen) atoms. The number of carbonyl (C=O) groups is 2. The Morgan fingerprint density at radius 1 is 1.00 bits per heavy atom. The second kappa shape index (κ2) is 11.5. The van der Waals surface area contributed by atoms with E-state index in [4.69, 9.17) is 9.47 Å². The van der Waals surface area contributed by atoms with Crippen LogP contribution in [0.4, 0.5) is 0 Å². The molecule has 0 radical (unpaired) electrons. The summed E-state index contributed by atoms with van der Waals surface area (Å²) in [6, 6.07) is 3.33. The number of ether oxygens (including phenoxy) is 2. The molecule has 148 valence electrons. The molecule has 0 unspecified atom stereocenters. The number of rotatable bonds is 9. The van der Waals surface area contributed by atoms with Crippen molar-refractivity contribution >= 4 is 22.1 Å². The molecule has 7 nitrogen and oxygen atoms in total. The Labute approximate surface area is 174 Å². The van der Waals surface area contributed by atoms with Gasteiger partial charge in [0.2, 0.25) is 0 Å². The summed E-state index contributed by atoms with van der Waals surface area (Å²) < 4.78 is 42.7. The largest absolute Gasteiger partial charge is 1.00 e. The Bertz CT molecular complexity index is 748. The first-order valence-electron chi connectivity index (χ1n) is 8.48. The Morgan fingerprint density at radius 3 is 1.93 bits per heavy atom. The topological polar surface area (TPSA) is 107 Å². The van der Waals surface area contributed by atoms with Gasteiger partial charge in [-0.25, -0.2) is 9.59 Å². The van der Waals surface area contributed by atoms with Crippen molar-refractivity contribution in [3.8, 4) is 0 Å². The van der Waals surface area contributed by atoms with Gasteiger partial charge in [0.15, 0.2) is 0 Å². The van der Waals surface area contributed by atoms with Crippen LogP contribution in [-0.4, -0.2) is 38.1 Å². The minimum absolute atomic E-state index is 0. The summed E-state index contributed by atoms with van der Waals surface area (Å²) in [5, 5.41) is 0. The molecule has 0 saturated heterocycles. The van der Waals surface area contributed by atoms with E-state index in [0.29, 0.717) is 24.7 Å². The molecule has 0 aromatic heterocycles. The summed E-state index contributed by atoms with van der Waals surface area (Å²) >= 11 is 0. The molecule has 0 aliphatic rings. The van der Waals surface area contributed by atoms with Crippen molar-refractivity contribution in [1.29, 1.82) is 0 Å². The first kappa shape index (κ1) is 25.7. The molecule has 9 heteroatoms. The third-order valence-electron chi connectivity index (χ3n) is 3.57. The average Bonchev–Trinajstić information content (AvgIpc) is 2.52. The molecule has 0 amide bonds. The Morgan fingerprint density at radius 2 is 1.48 bits per heavy atom. The number of esters is 2. The van der Waals surface area contributed by atoms with Gasteiger partial charge in [-0.1, -0.05) is 27.7 Å². The Balaban J connectivity index is 0. The summed E-state index contributed by atoms with van der Waals surface area (Å²) in [7, 11) is -4.72. The first-order valence-corrected chi connectivity index (χ1v) is 9.92. The van der Waals surface area contributed by atoms with E-state index in [1.807, 2.05) is 27.7 Å². The minimum atomic E-state index is -4.72. The van der Waals surface area contributed by atoms with Crippen LogP contribution in [0.2, 0.25) is 0 Å². The van der Waals surface area contributed by atoms with E-state index in [2.05, 4.69) is 0 Å².